The maximum Gasteiger partial charge on any atom is 0.394 e. The minimum absolute atomic E-state index is 0.000387. The number of nitrogens with zero attached hydrogens (tertiary/aromatic N) is 2. The van der Waals surface area contributed by atoms with Gasteiger partial charge in [-0.2, -0.15) is 13.2 Å². The maximum atomic E-state index is 14.5. The molecule has 3 aromatic rings. The lowest BCUT2D eigenvalue weighted by Crippen LogP contribution is -2.18. The minimum Gasteiger partial charge on any atom is -0.483 e. The maximum absolute atomic E-state index is 14.5. The van der Waals surface area contributed by atoms with E-state index >= 15 is 0 Å². The molecule has 0 saturated carbocycles. The van der Waals surface area contributed by atoms with Crippen molar-refractivity contribution < 1.29 is 22.6 Å². The molecule has 0 bridgehead atoms. The molecule has 6 nitrogen and oxygen atoms in total. The van der Waals surface area contributed by atoms with Gasteiger partial charge >= 0.3 is 6.11 Å². The quantitative estimate of drug-likeness (QED) is 0.432. The van der Waals surface area contributed by atoms with E-state index in [0.29, 0.717) is 28.9 Å². The number of nitrogens with one attached hydrogen (secondary N) is 1. The lowest BCUT2D eigenvalue weighted by atomic mass is 10.1. The number of ether oxygens (including phenoxy) is 2. The Morgan fingerprint density at radius 3 is 2.52 bits per heavy atom. The van der Waals surface area contributed by atoms with Crippen LogP contribution in [0, 0.1) is 18.2 Å². The third kappa shape index (κ3) is 5.02. The summed E-state index contributed by atoms with van der Waals surface area (Å²) in [4.78, 5) is 4.31. The van der Waals surface area contributed by atoms with Crippen LogP contribution in [-0.4, -0.2) is 21.3 Å². The number of hydrogen-bond donors (Lipinski definition) is 2. The predicted molar refractivity (Wildman–Crippen MR) is 103 cm³/mol. The fraction of sp³-hybridized carbons (Fsp3) is 0.211. The first-order chi connectivity index (χ1) is 13.6. The average Bonchev–Trinajstić information content (AvgIpc) is 3.09. The number of halogens is 3. The molecule has 152 valence electrons. The van der Waals surface area contributed by atoms with Crippen LogP contribution in [0.25, 0.3) is 11.4 Å². The molecule has 0 aliphatic heterocycles. The van der Waals surface area contributed by atoms with Crippen molar-refractivity contribution in [3.8, 4) is 22.9 Å². The Hall–Kier alpha value is -3.14. The van der Waals surface area contributed by atoms with Gasteiger partial charge in [-0.3, -0.25) is 5.41 Å². The smallest absolute Gasteiger partial charge is 0.394 e. The van der Waals surface area contributed by atoms with Gasteiger partial charge in [-0.15, -0.1) is 0 Å². The molecule has 1 heterocycles. The molecule has 0 aliphatic carbocycles. The molecule has 0 unspecified atom stereocenters. The van der Waals surface area contributed by atoms with Crippen molar-refractivity contribution in [1.82, 2.24) is 9.36 Å². The molecule has 0 amide bonds. The number of nitrogens with two attached hydrogens (primary N) is 1. The molecule has 0 saturated heterocycles. The molecule has 29 heavy (non-hydrogen) atoms. The predicted octanol–water partition coefficient (Wildman–Crippen LogP) is 4.51. The summed E-state index contributed by atoms with van der Waals surface area (Å²) in [5.74, 6) is -0.713. The Morgan fingerprint density at radius 2 is 1.90 bits per heavy atom. The van der Waals surface area contributed by atoms with E-state index in [9.17, 15) is 13.2 Å². The number of aryl methyl sites for hydroxylation is 1. The first-order valence-electron chi connectivity index (χ1n) is 8.40. The number of alkyl halides is 2. The summed E-state index contributed by atoms with van der Waals surface area (Å²) in [6, 6.07) is 8.99. The molecular formula is C19H17F3N4O2S. The zero-order valence-electron chi connectivity index (χ0n) is 15.5. The molecule has 10 heteroatoms. The van der Waals surface area contributed by atoms with E-state index in [-0.39, 0.29) is 29.5 Å². The molecule has 1 aromatic heterocycles. The van der Waals surface area contributed by atoms with Gasteiger partial charge in [0, 0.05) is 12.5 Å². The molecule has 0 fully saturated rings. The van der Waals surface area contributed by atoms with E-state index in [1.807, 2.05) is 0 Å². The summed E-state index contributed by atoms with van der Waals surface area (Å²) in [5, 5.41) is 7.97. The molecule has 3 N–H and O–H groups in total. The number of hydrogen-bond acceptors (Lipinski definition) is 6. The summed E-state index contributed by atoms with van der Waals surface area (Å²) < 4.78 is 54.4. The summed E-state index contributed by atoms with van der Waals surface area (Å²) in [7, 11) is 0. The summed E-state index contributed by atoms with van der Waals surface area (Å²) >= 11 is 1.07. The highest BCUT2D eigenvalue weighted by Crippen LogP contribution is 2.27. The Kier molecular flexibility index (Phi) is 5.73. The second-order valence-electron chi connectivity index (χ2n) is 6.22. The van der Waals surface area contributed by atoms with Crippen LogP contribution >= 0.6 is 11.5 Å². The monoisotopic (exact) mass is 422 g/mol. The lowest BCUT2D eigenvalue weighted by Gasteiger charge is -2.12. The number of benzene rings is 2. The van der Waals surface area contributed by atoms with Crippen LogP contribution in [0.3, 0.4) is 0 Å². The van der Waals surface area contributed by atoms with Crippen LogP contribution < -0.4 is 15.2 Å². The summed E-state index contributed by atoms with van der Waals surface area (Å²) in [6.45, 7) is 2.28. The van der Waals surface area contributed by atoms with Crippen molar-refractivity contribution in [3.63, 3.8) is 0 Å². The lowest BCUT2D eigenvalue weighted by molar-refractivity contribution is -0.158. The molecule has 0 radical (unpaired) electrons. The van der Waals surface area contributed by atoms with Gasteiger partial charge in [0.2, 0.25) is 0 Å². The normalized spacial score (nSPS) is 11.3. The van der Waals surface area contributed by atoms with Gasteiger partial charge in [0.1, 0.15) is 18.2 Å². The van der Waals surface area contributed by atoms with E-state index in [0.717, 1.165) is 11.5 Å². The Labute approximate surface area is 168 Å². The van der Waals surface area contributed by atoms with Crippen molar-refractivity contribution in [2.24, 2.45) is 5.73 Å². The molecule has 0 spiro atoms. The molecule has 0 atom stereocenters. The van der Waals surface area contributed by atoms with Gasteiger partial charge in [0.15, 0.2) is 22.4 Å². The van der Waals surface area contributed by atoms with Gasteiger partial charge in [-0.1, -0.05) is 6.07 Å². The van der Waals surface area contributed by atoms with Gasteiger partial charge in [0.05, 0.1) is 5.56 Å². The average molecular weight is 422 g/mol. The van der Waals surface area contributed by atoms with Crippen LogP contribution in [0.2, 0.25) is 0 Å². The Balaban J connectivity index is 1.70. The van der Waals surface area contributed by atoms with Gasteiger partial charge in [-0.25, -0.2) is 9.37 Å². The summed E-state index contributed by atoms with van der Waals surface area (Å²) in [5.41, 5.74) is 6.57. The second-order valence-corrected chi connectivity index (χ2v) is 7.05. The second kappa shape index (κ2) is 8.08. The fourth-order valence-corrected chi connectivity index (χ4v) is 3.12. The zero-order valence-corrected chi connectivity index (χ0v) is 16.3. The molecule has 3 rings (SSSR count). The van der Waals surface area contributed by atoms with E-state index in [2.05, 4.69) is 14.1 Å². The van der Waals surface area contributed by atoms with E-state index < -0.39 is 11.9 Å². The first-order valence-corrected chi connectivity index (χ1v) is 9.17. The number of nitrogen functional groups attached to an aromatic ring is 1. The topological polar surface area (TPSA) is 94.1 Å². The van der Waals surface area contributed by atoms with Crippen molar-refractivity contribution in [2.75, 3.05) is 0 Å². The van der Waals surface area contributed by atoms with Crippen LogP contribution in [0.4, 0.5) is 13.2 Å². The van der Waals surface area contributed by atoms with E-state index in [1.54, 1.807) is 25.1 Å². The largest absolute Gasteiger partial charge is 0.483 e. The highest BCUT2D eigenvalue weighted by Gasteiger charge is 2.23. The molecule has 0 aliphatic rings. The minimum atomic E-state index is -3.27. The van der Waals surface area contributed by atoms with E-state index in [1.165, 1.54) is 18.2 Å². The van der Waals surface area contributed by atoms with Crippen molar-refractivity contribution >= 4 is 17.4 Å². The van der Waals surface area contributed by atoms with Gasteiger partial charge in [0.25, 0.3) is 0 Å². The van der Waals surface area contributed by atoms with Crippen LogP contribution in [0.1, 0.15) is 23.1 Å². The van der Waals surface area contributed by atoms with Crippen molar-refractivity contribution in [2.45, 2.75) is 26.6 Å². The van der Waals surface area contributed by atoms with Crippen molar-refractivity contribution in [3.05, 3.63) is 58.3 Å². The first kappa shape index (κ1) is 20.6. The molecule has 2 aromatic carbocycles. The van der Waals surface area contributed by atoms with Crippen LogP contribution in [-0.2, 0) is 6.61 Å². The third-order valence-corrected chi connectivity index (χ3v) is 4.50. The standard InChI is InChI=1S/C19H17F3N4O2S/c1-10-3-8-13(16(20)15(10)17(23)24)27-9-14-25-18(26-29-14)11-4-6-12(7-5-11)28-19(2,21)22/h3-8H,9H2,1-2H3,(H3,23,24). The van der Waals surface area contributed by atoms with Crippen LogP contribution in [0.5, 0.6) is 11.5 Å². The highest BCUT2D eigenvalue weighted by molar-refractivity contribution is 7.05. The SMILES string of the molecule is Cc1ccc(OCc2nc(-c3ccc(OC(C)(F)F)cc3)ns2)c(F)c1C(=N)N. The summed E-state index contributed by atoms with van der Waals surface area (Å²) in [6.07, 6.45) is -3.27. The fourth-order valence-electron chi connectivity index (χ4n) is 2.54. The highest BCUT2D eigenvalue weighted by atomic mass is 32.1. The number of rotatable bonds is 7. The Bertz CT molecular complexity index is 1030. The molecular weight excluding hydrogens is 405 g/mol. The Morgan fingerprint density at radius 1 is 1.21 bits per heavy atom. The van der Waals surface area contributed by atoms with Gasteiger partial charge in [-0.05, 0) is 54.4 Å². The van der Waals surface area contributed by atoms with Crippen LogP contribution in [0.15, 0.2) is 36.4 Å². The third-order valence-electron chi connectivity index (χ3n) is 3.81. The van der Waals surface area contributed by atoms with Gasteiger partial charge < -0.3 is 15.2 Å². The van der Waals surface area contributed by atoms with Crippen molar-refractivity contribution in [1.29, 1.82) is 5.41 Å². The van der Waals surface area contributed by atoms with E-state index in [4.69, 9.17) is 15.9 Å². The number of amidine groups is 1. The number of aromatic nitrogens is 2. The zero-order chi connectivity index (χ0) is 21.2.